The van der Waals surface area contributed by atoms with Crippen molar-refractivity contribution in [3.8, 4) is 0 Å². The summed E-state index contributed by atoms with van der Waals surface area (Å²) >= 11 is 3.36. The van der Waals surface area contributed by atoms with Crippen LogP contribution in [0.3, 0.4) is 0 Å². The van der Waals surface area contributed by atoms with Gasteiger partial charge in [0.2, 0.25) is 0 Å². The molecule has 0 amide bonds. The predicted molar refractivity (Wildman–Crippen MR) is 64.8 cm³/mol. The maximum Gasteiger partial charge on any atom is 0.151 e. The van der Waals surface area contributed by atoms with E-state index in [1.165, 1.54) is 0 Å². The largest absolute Gasteiger partial charge is 0.299 e. The Bertz CT molecular complexity index is 239. The lowest BCUT2D eigenvalue weighted by molar-refractivity contribution is 0.250. The van der Waals surface area contributed by atoms with Crippen LogP contribution in [0.25, 0.3) is 0 Å². The second kappa shape index (κ2) is 6.80. The third-order valence-electron chi connectivity index (χ3n) is 2.23. The summed E-state index contributed by atoms with van der Waals surface area (Å²) < 4.78 is 22.6. The highest BCUT2D eigenvalue weighted by Crippen LogP contribution is 2.01. The number of hydrogen-bond acceptors (Lipinski definition) is 3. The Hall–Kier alpha value is 0.390. The molecule has 0 saturated heterocycles. The van der Waals surface area contributed by atoms with Gasteiger partial charge in [-0.15, -0.1) is 0 Å². The molecule has 5 heteroatoms. The molecule has 0 saturated carbocycles. The molecule has 0 heterocycles. The van der Waals surface area contributed by atoms with E-state index in [1.54, 1.807) is 6.92 Å². The topological polar surface area (TPSA) is 37.4 Å². The first-order chi connectivity index (χ1) is 6.43. The van der Waals surface area contributed by atoms with Crippen molar-refractivity contribution in [1.82, 2.24) is 4.90 Å². The van der Waals surface area contributed by atoms with Gasteiger partial charge < -0.3 is 0 Å². The van der Waals surface area contributed by atoms with Crippen molar-refractivity contribution in [2.45, 2.75) is 26.8 Å². The fourth-order valence-electron chi connectivity index (χ4n) is 1.14. The van der Waals surface area contributed by atoms with Gasteiger partial charge in [0.15, 0.2) is 9.84 Å². The number of rotatable bonds is 7. The minimum Gasteiger partial charge on any atom is -0.299 e. The van der Waals surface area contributed by atoms with E-state index < -0.39 is 9.84 Å². The van der Waals surface area contributed by atoms with Crippen molar-refractivity contribution in [3.05, 3.63) is 0 Å². The molecular formula is C9H20BrNO2S. The maximum atomic E-state index is 11.3. The van der Waals surface area contributed by atoms with Crippen molar-refractivity contribution >= 4 is 25.8 Å². The van der Waals surface area contributed by atoms with E-state index >= 15 is 0 Å². The fraction of sp³-hybridized carbons (Fsp3) is 1.00. The van der Waals surface area contributed by atoms with Crippen LogP contribution >= 0.6 is 15.9 Å². The lowest BCUT2D eigenvalue weighted by atomic mass is 10.3. The summed E-state index contributed by atoms with van der Waals surface area (Å²) in [7, 11) is -2.82. The minimum atomic E-state index is -2.82. The molecule has 0 aromatic rings. The van der Waals surface area contributed by atoms with E-state index in [9.17, 15) is 8.42 Å². The van der Waals surface area contributed by atoms with Gasteiger partial charge in [0, 0.05) is 30.2 Å². The van der Waals surface area contributed by atoms with Crippen molar-refractivity contribution in [2.75, 3.05) is 29.9 Å². The monoisotopic (exact) mass is 285 g/mol. The van der Waals surface area contributed by atoms with Gasteiger partial charge in [0.05, 0.1) is 5.75 Å². The van der Waals surface area contributed by atoms with Crippen molar-refractivity contribution in [1.29, 1.82) is 0 Å². The average Bonchev–Trinajstić information content (AvgIpc) is 2.12. The highest BCUT2D eigenvalue weighted by Gasteiger charge is 2.13. The predicted octanol–water partition coefficient (Wildman–Crippen LogP) is 1.53. The van der Waals surface area contributed by atoms with Gasteiger partial charge in [0.1, 0.15) is 0 Å². The van der Waals surface area contributed by atoms with Gasteiger partial charge in [-0.25, -0.2) is 8.42 Å². The van der Waals surface area contributed by atoms with Gasteiger partial charge >= 0.3 is 0 Å². The van der Waals surface area contributed by atoms with E-state index in [2.05, 4.69) is 34.7 Å². The van der Waals surface area contributed by atoms with Crippen LogP contribution in [0.1, 0.15) is 20.8 Å². The molecule has 0 atom stereocenters. The molecule has 0 aliphatic heterocycles. The van der Waals surface area contributed by atoms with Crippen LogP contribution < -0.4 is 0 Å². The minimum absolute atomic E-state index is 0.243. The average molecular weight is 286 g/mol. The summed E-state index contributed by atoms with van der Waals surface area (Å²) in [6.45, 7) is 7.40. The molecular weight excluding hydrogens is 266 g/mol. The van der Waals surface area contributed by atoms with Crippen LogP contribution in [-0.2, 0) is 9.84 Å². The van der Waals surface area contributed by atoms with E-state index in [0.717, 1.165) is 11.9 Å². The Morgan fingerprint density at radius 1 is 1.29 bits per heavy atom. The molecule has 0 radical (unpaired) electrons. The first-order valence-corrected chi connectivity index (χ1v) is 7.87. The SMILES string of the molecule is CCS(=O)(=O)CCN(CCBr)C(C)C. The molecule has 0 unspecified atom stereocenters. The second-order valence-electron chi connectivity index (χ2n) is 3.56. The Morgan fingerprint density at radius 2 is 1.86 bits per heavy atom. The molecule has 0 spiro atoms. The Labute approximate surface area is 95.9 Å². The molecule has 0 aliphatic rings. The molecule has 0 N–H and O–H groups in total. The summed E-state index contributed by atoms with van der Waals surface area (Å²) in [6, 6.07) is 0.402. The molecule has 0 aromatic heterocycles. The summed E-state index contributed by atoms with van der Waals surface area (Å²) in [5.41, 5.74) is 0. The van der Waals surface area contributed by atoms with Crippen molar-refractivity contribution < 1.29 is 8.42 Å². The fourth-order valence-corrected chi connectivity index (χ4v) is 2.39. The quantitative estimate of drug-likeness (QED) is 0.666. The first kappa shape index (κ1) is 14.4. The zero-order chi connectivity index (χ0) is 11.2. The normalized spacial score (nSPS) is 12.7. The lowest BCUT2D eigenvalue weighted by Gasteiger charge is -2.25. The Kier molecular flexibility index (Phi) is 6.99. The molecule has 0 fully saturated rings. The van der Waals surface area contributed by atoms with Gasteiger partial charge in [-0.1, -0.05) is 22.9 Å². The molecule has 3 nitrogen and oxygen atoms in total. The van der Waals surface area contributed by atoms with Crippen LogP contribution in [0.15, 0.2) is 0 Å². The van der Waals surface area contributed by atoms with Crippen molar-refractivity contribution in [3.63, 3.8) is 0 Å². The molecule has 14 heavy (non-hydrogen) atoms. The van der Waals surface area contributed by atoms with Crippen LogP contribution in [0.4, 0.5) is 0 Å². The van der Waals surface area contributed by atoms with Crippen LogP contribution in [0.5, 0.6) is 0 Å². The number of hydrogen-bond donors (Lipinski definition) is 0. The summed E-state index contributed by atoms with van der Waals surface area (Å²) in [5.74, 6) is 0.516. The third kappa shape index (κ3) is 5.98. The second-order valence-corrected chi connectivity index (χ2v) is 6.82. The van der Waals surface area contributed by atoms with Gasteiger partial charge in [-0.05, 0) is 13.8 Å². The van der Waals surface area contributed by atoms with E-state index in [-0.39, 0.29) is 11.5 Å². The van der Waals surface area contributed by atoms with E-state index in [1.807, 2.05) is 0 Å². The molecule has 0 bridgehead atoms. The molecule has 0 aliphatic carbocycles. The third-order valence-corrected chi connectivity index (χ3v) is 4.27. The zero-order valence-corrected chi connectivity index (χ0v) is 11.6. The highest BCUT2D eigenvalue weighted by atomic mass is 79.9. The first-order valence-electron chi connectivity index (χ1n) is 4.93. The van der Waals surface area contributed by atoms with E-state index in [0.29, 0.717) is 12.6 Å². The molecule has 0 aromatic carbocycles. The van der Waals surface area contributed by atoms with Crippen LogP contribution in [0.2, 0.25) is 0 Å². The standard InChI is InChI=1S/C9H20BrNO2S/c1-4-14(12,13)8-7-11(6-5-10)9(2)3/h9H,4-8H2,1-3H3. The van der Waals surface area contributed by atoms with Crippen LogP contribution in [0, 0.1) is 0 Å². The number of halogens is 1. The van der Waals surface area contributed by atoms with Crippen LogP contribution in [-0.4, -0.2) is 49.3 Å². The maximum absolute atomic E-state index is 11.3. The lowest BCUT2D eigenvalue weighted by Crippen LogP contribution is -2.36. The van der Waals surface area contributed by atoms with Gasteiger partial charge in [0.25, 0.3) is 0 Å². The Morgan fingerprint density at radius 3 is 2.21 bits per heavy atom. The summed E-state index contributed by atoms with van der Waals surface area (Å²) in [6.07, 6.45) is 0. The van der Waals surface area contributed by atoms with E-state index in [4.69, 9.17) is 0 Å². The number of sulfone groups is 1. The molecule has 86 valence electrons. The van der Waals surface area contributed by atoms with Gasteiger partial charge in [-0.3, -0.25) is 4.90 Å². The highest BCUT2D eigenvalue weighted by molar-refractivity contribution is 9.09. The summed E-state index contributed by atoms with van der Waals surface area (Å²) in [5, 5.41) is 0.886. The van der Waals surface area contributed by atoms with Gasteiger partial charge in [-0.2, -0.15) is 0 Å². The zero-order valence-electron chi connectivity index (χ0n) is 9.16. The smallest absolute Gasteiger partial charge is 0.151 e. The number of nitrogens with zero attached hydrogens (tertiary/aromatic N) is 1. The van der Waals surface area contributed by atoms with Crippen molar-refractivity contribution in [2.24, 2.45) is 0 Å². The summed E-state index contributed by atoms with van der Waals surface area (Å²) in [4.78, 5) is 2.17. The molecule has 0 rings (SSSR count). The number of alkyl halides is 1. The Balaban J connectivity index is 4.06.